The lowest BCUT2D eigenvalue weighted by molar-refractivity contribution is 0.180. The second-order valence-electron chi connectivity index (χ2n) is 7.24. The maximum absolute atomic E-state index is 5.64. The number of hydrogen-bond acceptors (Lipinski definition) is 5. The van der Waals surface area contributed by atoms with E-state index in [0.717, 1.165) is 70.2 Å². The zero-order valence-corrected chi connectivity index (χ0v) is 18.3. The minimum Gasteiger partial charge on any atom is -0.496 e. The standard InChI is InChI=1S/C21H25BrN4O2/c1-13-10-19(25-9-5-6-16(25)12-27-3)26-21(23-13)20(14(2)24-26)17-8-7-15(22)11-18(17)28-4/h7-8,10-11,16H,5-6,9,12H2,1-4H3/t16-/m0/s1. The van der Waals surface area contributed by atoms with E-state index in [-0.39, 0.29) is 0 Å². The molecule has 0 aliphatic carbocycles. The molecule has 1 saturated heterocycles. The fourth-order valence-electron chi connectivity index (χ4n) is 4.12. The average Bonchev–Trinajstić information content (AvgIpc) is 3.25. The number of aryl methyl sites for hydroxylation is 2. The monoisotopic (exact) mass is 444 g/mol. The van der Waals surface area contributed by atoms with E-state index in [2.05, 4.69) is 33.0 Å². The number of nitrogens with zero attached hydrogens (tertiary/aromatic N) is 4. The maximum atomic E-state index is 5.64. The highest BCUT2D eigenvalue weighted by atomic mass is 79.9. The molecule has 2 aromatic heterocycles. The maximum Gasteiger partial charge on any atom is 0.165 e. The van der Waals surface area contributed by atoms with Gasteiger partial charge in [-0.15, -0.1) is 0 Å². The lowest BCUT2D eigenvalue weighted by atomic mass is 10.1. The highest BCUT2D eigenvalue weighted by Crippen LogP contribution is 2.38. The van der Waals surface area contributed by atoms with Gasteiger partial charge in [0, 0.05) is 35.5 Å². The summed E-state index contributed by atoms with van der Waals surface area (Å²) in [6, 6.07) is 8.54. The average molecular weight is 445 g/mol. The summed E-state index contributed by atoms with van der Waals surface area (Å²) in [6.07, 6.45) is 2.29. The summed E-state index contributed by atoms with van der Waals surface area (Å²) in [5, 5.41) is 4.87. The van der Waals surface area contributed by atoms with Gasteiger partial charge in [-0.1, -0.05) is 15.9 Å². The second-order valence-corrected chi connectivity index (χ2v) is 8.16. The Labute approximate surface area is 173 Å². The third-order valence-electron chi connectivity index (χ3n) is 5.34. The molecule has 0 saturated carbocycles. The van der Waals surface area contributed by atoms with Crippen LogP contribution in [0.25, 0.3) is 16.8 Å². The summed E-state index contributed by atoms with van der Waals surface area (Å²) in [6.45, 7) is 5.79. The van der Waals surface area contributed by atoms with E-state index < -0.39 is 0 Å². The third kappa shape index (κ3) is 3.26. The highest BCUT2D eigenvalue weighted by molar-refractivity contribution is 9.10. The van der Waals surface area contributed by atoms with Crippen LogP contribution in [0.3, 0.4) is 0 Å². The number of halogens is 1. The van der Waals surface area contributed by atoms with E-state index in [1.54, 1.807) is 14.2 Å². The number of aromatic nitrogens is 3. The summed E-state index contributed by atoms with van der Waals surface area (Å²) in [4.78, 5) is 7.25. The van der Waals surface area contributed by atoms with Gasteiger partial charge in [-0.2, -0.15) is 9.61 Å². The Morgan fingerprint density at radius 1 is 1.21 bits per heavy atom. The Balaban J connectivity index is 1.92. The van der Waals surface area contributed by atoms with Gasteiger partial charge < -0.3 is 14.4 Å². The van der Waals surface area contributed by atoms with Gasteiger partial charge >= 0.3 is 0 Å². The van der Waals surface area contributed by atoms with Gasteiger partial charge in [0.1, 0.15) is 11.6 Å². The first kappa shape index (κ1) is 19.2. The van der Waals surface area contributed by atoms with Gasteiger partial charge in [0.25, 0.3) is 0 Å². The van der Waals surface area contributed by atoms with Crippen LogP contribution in [-0.2, 0) is 4.74 Å². The summed E-state index contributed by atoms with van der Waals surface area (Å²) in [5.74, 6) is 1.88. The molecule has 1 aromatic carbocycles. The largest absolute Gasteiger partial charge is 0.496 e. The molecule has 0 radical (unpaired) electrons. The molecule has 148 valence electrons. The van der Waals surface area contributed by atoms with Gasteiger partial charge in [0.2, 0.25) is 0 Å². The van der Waals surface area contributed by atoms with Crippen LogP contribution in [0.1, 0.15) is 24.2 Å². The fraction of sp³-hybridized carbons (Fsp3) is 0.429. The predicted octanol–water partition coefficient (Wildman–Crippen LogP) is 4.40. The third-order valence-corrected chi connectivity index (χ3v) is 5.83. The van der Waals surface area contributed by atoms with Crippen LogP contribution >= 0.6 is 15.9 Å². The van der Waals surface area contributed by atoms with Crippen molar-refractivity contribution in [2.24, 2.45) is 0 Å². The molecule has 1 aliphatic rings. The van der Waals surface area contributed by atoms with Crippen molar-refractivity contribution in [1.82, 2.24) is 14.6 Å². The lowest BCUT2D eigenvalue weighted by Crippen LogP contribution is -2.34. The summed E-state index contributed by atoms with van der Waals surface area (Å²) < 4.78 is 14.1. The van der Waals surface area contributed by atoms with Crippen molar-refractivity contribution >= 4 is 27.4 Å². The molecule has 3 heterocycles. The summed E-state index contributed by atoms with van der Waals surface area (Å²) in [7, 11) is 3.45. The molecule has 0 unspecified atom stereocenters. The Hall–Kier alpha value is -2.12. The Morgan fingerprint density at radius 3 is 2.79 bits per heavy atom. The molecule has 7 heteroatoms. The van der Waals surface area contributed by atoms with Gasteiger partial charge in [-0.3, -0.25) is 0 Å². The van der Waals surface area contributed by atoms with E-state index in [1.165, 1.54) is 0 Å². The van der Waals surface area contributed by atoms with Crippen molar-refractivity contribution in [3.05, 3.63) is 40.1 Å². The number of rotatable bonds is 5. The van der Waals surface area contributed by atoms with Crippen LogP contribution < -0.4 is 9.64 Å². The van der Waals surface area contributed by atoms with Gasteiger partial charge in [-0.25, -0.2) is 4.98 Å². The summed E-state index contributed by atoms with van der Waals surface area (Å²) in [5.41, 5.74) is 4.77. The van der Waals surface area contributed by atoms with Gasteiger partial charge in [-0.05, 0) is 44.9 Å². The molecule has 0 bridgehead atoms. The smallest absolute Gasteiger partial charge is 0.165 e. The topological polar surface area (TPSA) is 51.9 Å². The molecule has 1 fully saturated rings. The number of anilines is 1. The van der Waals surface area contributed by atoms with E-state index in [4.69, 9.17) is 19.6 Å². The molecule has 1 aliphatic heterocycles. The number of fused-ring (bicyclic) bond motifs is 1. The van der Waals surface area contributed by atoms with Crippen LogP contribution in [0.5, 0.6) is 5.75 Å². The number of ether oxygens (including phenoxy) is 2. The van der Waals surface area contributed by atoms with Crippen molar-refractivity contribution < 1.29 is 9.47 Å². The van der Waals surface area contributed by atoms with E-state index in [0.29, 0.717) is 6.04 Å². The first-order chi connectivity index (χ1) is 13.5. The molecule has 0 amide bonds. The highest BCUT2D eigenvalue weighted by Gasteiger charge is 2.28. The Bertz CT molecular complexity index is 1020. The van der Waals surface area contributed by atoms with Crippen LogP contribution in [0, 0.1) is 13.8 Å². The molecular formula is C21H25BrN4O2. The van der Waals surface area contributed by atoms with E-state index in [9.17, 15) is 0 Å². The van der Waals surface area contributed by atoms with Crippen molar-refractivity contribution in [1.29, 1.82) is 0 Å². The van der Waals surface area contributed by atoms with Crippen LogP contribution in [0.2, 0.25) is 0 Å². The van der Waals surface area contributed by atoms with Crippen LogP contribution in [0.4, 0.5) is 5.82 Å². The minimum atomic E-state index is 0.366. The first-order valence-electron chi connectivity index (χ1n) is 9.50. The molecule has 1 atom stereocenters. The van der Waals surface area contributed by atoms with Crippen molar-refractivity contribution in [3.63, 3.8) is 0 Å². The Morgan fingerprint density at radius 2 is 2.04 bits per heavy atom. The van der Waals surface area contributed by atoms with Crippen LogP contribution in [-0.4, -0.2) is 48.0 Å². The second kappa shape index (κ2) is 7.72. The fourth-order valence-corrected chi connectivity index (χ4v) is 4.46. The molecule has 4 rings (SSSR count). The van der Waals surface area contributed by atoms with E-state index in [1.807, 2.05) is 30.5 Å². The van der Waals surface area contributed by atoms with Gasteiger partial charge in [0.05, 0.1) is 31.0 Å². The molecule has 3 aromatic rings. The van der Waals surface area contributed by atoms with Crippen molar-refractivity contribution in [2.45, 2.75) is 32.7 Å². The summed E-state index contributed by atoms with van der Waals surface area (Å²) >= 11 is 3.52. The first-order valence-corrected chi connectivity index (χ1v) is 10.3. The molecule has 6 nitrogen and oxygen atoms in total. The number of benzene rings is 1. The molecule has 0 spiro atoms. The number of methoxy groups -OCH3 is 2. The molecule has 28 heavy (non-hydrogen) atoms. The van der Waals surface area contributed by atoms with Crippen molar-refractivity contribution in [3.8, 4) is 16.9 Å². The normalized spacial score (nSPS) is 16.9. The SMILES string of the molecule is COC[C@@H]1CCCN1c1cc(C)nc2c(-c3ccc(Br)cc3OC)c(C)nn12. The predicted molar refractivity (Wildman–Crippen MR) is 114 cm³/mol. The minimum absolute atomic E-state index is 0.366. The van der Waals surface area contributed by atoms with Crippen molar-refractivity contribution in [2.75, 3.05) is 32.3 Å². The Kier molecular flexibility index (Phi) is 5.29. The molecule has 0 N–H and O–H groups in total. The van der Waals surface area contributed by atoms with E-state index >= 15 is 0 Å². The van der Waals surface area contributed by atoms with Gasteiger partial charge in [0.15, 0.2) is 5.65 Å². The quantitative estimate of drug-likeness (QED) is 0.583. The molecular weight excluding hydrogens is 420 g/mol. The zero-order chi connectivity index (χ0) is 19.8. The lowest BCUT2D eigenvalue weighted by Gasteiger charge is -2.26. The zero-order valence-electron chi connectivity index (χ0n) is 16.7. The number of hydrogen-bond donors (Lipinski definition) is 0. The van der Waals surface area contributed by atoms with Crippen LogP contribution in [0.15, 0.2) is 28.7 Å².